The average molecular weight is 373 g/mol. The molecule has 5 aromatic carbocycles. The Hall–Kier alpha value is -2.54. The van der Waals surface area contributed by atoms with Crippen molar-refractivity contribution in [1.82, 2.24) is 0 Å². The molecule has 5 rings (SSSR count). The molecule has 0 spiro atoms. The van der Waals surface area contributed by atoms with E-state index in [0.29, 0.717) is 0 Å². The number of rotatable bonds is 1. The van der Waals surface area contributed by atoms with Gasteiger partial charge < -0.3 is 0 Å². The van der Waals surface area contributed by atoms with Crippen molar-refractivity contribution < 1.29 is 0 Å². The van der Waals surface area contributed by atoms with Crippen molar-refractivity contribution >= 4 is 55.5 Å². The SMILES string of the molecule is Clc1cccc2c(-c3ccc4ccccc4c3)c3cccc(Cl)c3cc12. The van der Waals surface area contributed by atoms with Gasteiger partial charge >= 0.3 is 0 Å². The van der Waals surface area contributed by atoms with Crippen molar-refractivity contribution in [3.05, 3.63) is 95.0 Å². The lowest BCUT2D eigenvalue weighted by atomic mass is 9.91. The molecule has 0 atom stereocenters. The third-order valence-electron chi connectivity index (χ3n) is 4.97. The fraction of sp³-hybridized carbons (Fsp3) is 0. The molecule has 0 heterocycles. The molecule has 0 amide bonds. The standard InChI is InChI=1S/C24H14Cl2/c25-22-9-3-7-18-20(22)14-21-19(8-4-10-23(21)26)24(18)17-12-11-15-5-1-2-6-16(15)13-17/h1-14H. The van der Waals surface area contributed by atoms with Gasteiger partial charge in [-0.05, 0) is 56.9 Å². The molecule has 0 aliphatic rings. The Morgan fingerprint density at radius 1 is 0.462 bits per heavy atom. The van der Waals surface area contributed by atoms with Crippen LogP contribution in [0.25, 0.3) is 43.4 Å². The van der Waals surface area contributed by atoms with E-state index in [-0.39, 0.29) is 0 Å². The number of benzene rings is 5. The van der Waals surface area contributed by atoms with Gasteiger partial charge in [0.25, 0.3) is 0 Å². The zero-order chi connectivity index (χ0) is 17.7. The molecule has 26 heavy (non-hydrogen) atoms. The van der Waals surface area contributed by atoms with E-state index >= 15 is 0 Å². The van der Waals surface area contributed by atoms with Crippen LogP contribution in [0.15, 0.2) is 84.9 Å². The molecule has 0 aromatic heterocycles. The van der Waals surface area contributed by atoms with Gasteiger partial charge in [-0.2, -0.15) is 0 Å². The predicted octanol–water partition coefficient (Wildman–Crippen LogP) is 8.12. The second-order valence-corrected chi connectivity index (χ2v) is 7.30. The first-order valence-electron chi connectivity index (χ1n) is 8.51. The van der Waals surface area contributed by atoms with Gasteiger partial charge in [-0.3, -0.25) is 0 Å². The van der Waals surface area contributed by atoms with E-state index in [2.05, 4.69) is 60.7 Å². The van der Waals surface area contributed by atoms with E-state index in [1.54, 1.807) is 0 Å². The molecule has 0 unspecified atom stereocenters. The largest absolute Gasteiger partial charge is 0.0837 e. The fourth-order valence-electron chi connectivity index (χ4n) is 3.75. The summed E-state index contributed by atoms with van der Waals surface area (Å²) < 4.78 is 0. The van der Waals surface area contributed by atoms with Gasteiger partial charge in [0.15, 0.2) is 0 Å². The molecule has 5 aromatic rings. The Bertz CT molecular complexity index is 1240. The molecular formula is C24H14Cl2. The minimum absolute atomic E-state index is 0.742. The minimum atomic E-state index is 0.742. The van der Waals surface area contributed by atoms with E-state index in [1.165, 1.54) is 21.9 Å². The van der Waals surface area contributed by atoms with Crippen LogP contribution in [0.5, 0.6) is 0 Å². The van der Waals surface area contributed by atoms with Crippen molar-refractivity contribution in [2.75, 3.05) is 0 Å². The highest BCUT2D eigenvalue weighted by Crippen LogP contribution is 2.41. The monoisotopic (exact) mass is 372 g/mol. The highest BCUT2D eigenvalue weighted by molar-refractivity contribution is 6.39. The van der Waals surface area contributed by atoms with E-state index in [0.717, 1.165) is 31.6 Å². The molecule has 0 saturated heterocycles. The van der Waals surface area contributed by atoms with Gasteiger partial charge in [0.05, 0.1) is 0 Å². The van der Waals surface area contributed by atoms with Crippen molar-refractivity contribution in [2.45, 2.75) is 0 Å². The molecular weight excluding hydrogens is 359 g/mol. The first-order valence-corrected chi connectivity index (χ1v) is 9.26. The lowest BCUT2D eigenvalue weighted by Crippen LogP contribution is -1.87. The summed E-state index contributed by atoms with van der Waals surface area (Å²) in [6, 6.07) is 29.2. The lowest BCUT2D eigenvalue weighted by molar-refractivity contribution is 1.70. The van der Waals surface area contributed by atoms with Gasteiger partial charge in [-0.25, -0.2) is 0 Å². The summed E-state index contributed by atoms with van der Waals surface area (Å²) in [7, 11) is 0. The van der Waals surface area contributed by atoms with Gasteiger partial charge in [0.1, 0.15) is 0 Å². The van der Waals surface area contributed by atoms with Gasteiger partial charge in [-0.1, -0.05) is 83.9 Å². The first kappa shape index (κ1) is 15.7. The highest BCUT2D eigenvalue weighted by atomic mass is 35.5. The zero-order valence-electron chi connectivity index (χ0n) is 13.8. The van der Waals surface area contributed by atoms with Crippen LogP contribution < -0.4 is 0 Å². The maximum Gasteiger partial charge on any atom is 0.0484 e. The third kappa shape index (κ3) is 2.38. The first-order chi connectivity index (χ1) is 12.7. The summed E-state index contributed by atoms with van der Waals surface area (Å²) in [5.41, 5.74) is 2.34. The second kappa shape index (κ2) is 6.02. The molecule has 0 N–H and O–H groups in total. The van der Waals surface area contributed by atoms with E-state index in [4.69, 9.17) is 23.2 Å². The Kier molecular flexibility index (Phi) is 3.63. The van der Waals surface area contributed by atoms with Crippen molar-refractivity contribution in [1.29, 1.82) is 0 Å². The Labute approximate surface area is 161 Å². The molecule has 2 heteroatoms. The molecule has 0 fully saturated rings. The van der Waals surface area contributed by atoms with Crippen LogP contribution in [0.3, 0.4) is 0 Å². The topological polar surface area (TPSA) is 0 Å². The van der Waals surface area contributed by atoms with Crippen LogP contribution in [0.2, 0.25) is 10.0 Å². The molecule has 0 bridgehead atoms. The van der Waals surface area contributed by atoms with Crippen LogP contribution in [-0.4, -0.2) is 0 Å². The van der Waals surface area contributed by atoms with Crippen molar-refractivity contribution in [3.63, 3.8) is 0 Å². The normalized spacial score (nSPS) is 11.5. The average Bonchev–Trinajstić information content (AvgIpc) is 2.67. The summed E-state index contributed by atoms with van der Waals surface area (Å²) in [5.74, 6) is 0. The Morgan fingerprint density at radius 2 is 1.08 bits per heavy atom. The number of fused-ring (bicyclic) bond motifs is 3. The van der Waals surface area contributed by atoms with Crippen molar-refractivity contribution in [3.8, 4) is 11.1 Å². The number of hydrogen-bond acceptors (Lipinski definition) is 0. The number of hydrogen-bond donors (Lipinski definition) is 0. The second-order valence-electron chi connectivity index (χ2n) is 6.48. The fourth-order valence-corrected chi connectivity index (χ4v) is 4.21. The quantitative estimate of drug-likeness (QED) is 0.260. The molecule has 0 radical (unpaired) electrons. The molecule has 0 saturated carbocycles. The molecule has 124 valence electrons. The van der Waals surface area contributed by atoms with Crippen molar-refractivity contribution in [2.24, 2.45) is 0 Å². The summed E-state index contributed by atoms with van der Waals surface area (Å²) in [4.78, 5) is 0. The van der Waals surface area contributed by atoms with Gasteiger partial charge in [0, 0.05) is 20.8 Å². The Balaban J connectivity index is 1.98. The minimum Gasteiger partial charge on any atom is -0.0837 e. The van der Waals surface area contributed by atoms with Crippen LogP contribution in [0.1, 0.15) is 0 Å². The van der Waals surface area contributed by atoms with Gasteiger partial charge in [0.2, 0.25) is 0 Å². The van der Waals surface area contributed by atoms with Crippen LogP contribution in [-0.2, 0) is 0 Å². The van der Waals surface area contributed by atoms with E-state index in [1.807, 2.05) is 24.3 Å². The summed E-state index contributed by atoms with van der Waals surface area (Å²) in [6.45, 7) is 0. The van der Waals surface area contributed by atoms with Crippen LogP contribution >= 0.6 is 23.2 Å². The number of halogens is 2. The van der Waals surface area contributed by atoms with Crippen LogP contribution in [0.4, 0.5) is 0 Å². The zero-order valence-corrected chi connectivity index (χ0v) is 15.4. The molecule has 0 aliphatic heterocycles. The van der Waals surface area contributed by atoms with Crippen LogP contribution in [0, 0.1) is 0 Å². The predicted molar refractivity (Wildman–Crippen MR) is 114 cm³/mol. The summed E-state index contributed by atoms with van der Waals surface area (Å²) >= 11 is 13.0. The Morgan fingerprint density at radius 3 is 1.73 bits per heavy atom. The van der Waals surface area contributed by atoms with Gasteiger partial charge in [-0.15, -0.1) is 0 Å². The maximum atomic E-state index is 6.52. The summed E-state index contributed by atoms with van der Waals surface area (Å²) in [5, 5.41) is 8.27. The van der Waals surface area contributed by atoms with E-state index < -0.39 is 0 Å². The lowest BCUT2D eigenvalue weighted by Gasteiger charge is -2.14. The molecule has 0 aliphatic carbocycles. The third-order valence-corrected chi connectivity index (χ3v) is 5.63. The van der Waals surface area contributed by atoms with E-state index in [9.17, 15) is 0 Å². The highest BCUT2D eigenvalue weighted by Gasteiger charge is 2.13. The molecule has 0 nitrogen and oxygen atoms in total. The summed E-state index contributed by atoms with van der Waals surface area (Å²) in [6.07, 6.45) is 0. The maximum absolute atomic E-state index is 6.52. The smallest absolute Gasteiger partial charge is 0.0484 e.